The van der Waals surface area contributed by atoms with Crippen molar-refractivity contribution in [3.05, 3.63) is 145 Å². The summed E-state index contributed by atoms with van der Waals surface area (Å²) < 4.78 is 30.5. The van der Waals surface area contributed by atoms with Gasteiger partial charge in [0.15, 0.2) is 0 Å². The maximum atomic E-state index is 7.35. The molecule has 0 aliphatic heterocycles. The van der Waals surface area contributed by atoms with Gasteiger partial charge in [-0.15, -0.1) is 53.6 Å². The summed E-state index contributed by atoms with van der Waals surface area (Å²) in [6, 6.07) is 46.0. The molecule has 0 aliphatic rings. The summed E-state index contributed by atoms with van der Waals surface area (Å²) in [5.41, 5.74) is 7.58. The summed E-state index contributed by atoms with van der Waals surface area (Å²) in [7, 11) is -1.34. The third-order valence-corrected chi connectivity index (χ3v) is 9.88. The Balaban J connectivity index is 0.000000177. The van der Waals surface area contributed by atoms with E-state index in [1.165, 1.54) is 11.3 Å². The molecule has 229 valence electrons. The van der Waals surface area contributed by atoms with E-state index in [9.17, 15) is 0 Å². The number of nitrogens with zero attached hydrogens (tertiary/aromatic N) is 3. The number of fused-ring (bicyclic) bond motifs is 4. The maximum absolute atomic E-state index is 7.35. The van der Waals surface area contributed by atoms with Crippen LogP contribution in [0.15, 0.2) is 132 Å². The zero-order valence-electron chi connectivity index (χ0n) is 28.7. The first-order chi connectivity index (χ1) is 23.1. The summed E-state index contributed by atoms with van der Waals surface area (Å²) >= 11 is 0. The standard InChI is InChI=1S/C25H15N2O.C15H18NSi.Ir/c1-2-9-17(10-3-1)27-22-15-6-5-14-21(22)26-25(27)20-13-8-12-19-18-11-4-7-16-23(18)28-24(19)20;1-12-5-7-13(8-6-12)15-10-9-14(11-16-15)17(2,3)4;/h1-12,14-16H;5-7,9-11H,1-4H3;/q2*-1;/i;1D3;. The number of pyridine rings is 1. The summed E-state index contributed by atoms with van der Waals surface area (Å²) in [5.74, 6) is 0.831. The Kier molecular flexibility index (Phi) is 7.83. The van der Waals surface area contributed by atoms with Crippen LogP contribution in [0.4, 0.5) is 0 Å². The van der Waals surface area contributed by atoms with E-state index in [1.54, 1.807) is 12.1 Å². The molecule has 0 atom stereocenters. The molecule has 3 heterocycles. The van der Waals surface area contributed by atoms with Crippen molar-refractivity contribution in [3.8, 4) is 28.3 Å². The molecule has 3 aromatic heterocycles. The number of rotatable bonds is 4. The minimum atomic E-state index is -2.08. The summed E-state index contributed by atoms with van der Waals surface area (Å²) in [6.07, 6.45) is 1.92. The monoisotopic (exact) mass is 795 g/mol. The topological polar surface area (TPSA) is 43.9 Å². The number of hydrogen-bond donors (Lipinski definition) is 0. The van der Waals surface area contributed by atoms with Crippen molar-refractivity contribution in [2.75, 3.05) is 0 Å². The average molecular weight is 795 g/mol. The number of aromatic nitrogens is 3. The van der Waals surface area contributed by atoms with E-state index < -0.39 is 14.9 Å². The van der Waals surface area contributed by atoms with Crippen LogP contribution in [0.25, 0.3) is 61.3 Å². The number of aryl methyl sites for hydroxylation is 1. The zero-order chi connectivity index (χ0) is 33.5. The van der Waals surface area contributed by atoms with Crippen LogP contribution < -0.4 is 5.19 Å². The molecule has 0 bridgehead atoms. The molecular formula is C40H33IrN3OSi-2. The molecule has 4 nitrogen and oxygen atoms in total. The van der Waals surface area contributed by atoms with Gasteiger partial charge < -0.3 is 14.0 Å². The van der Waals surface area contributed by atoms with Gasteiger partial charge in [0.2, 0.25) is 0 Å². The Hall–Kier alpha value is -4.61. The van der Waals surface area contributed by atoms with Crippen LogP contribution in [0.1, 0.15) is 9.68 Å². The molecule has 0 saturated carbocycles. The van der Waals surface area contributed by atoms with Gasteiger partial charge in [0.25, 0.3) is 0 Å². The number of benzene rings is 5. The van der Waals surface area contributed by atoms with Crippen molar-refractivity contribution in [2.24, 2.45) is 0 Å². The van der Waals surface area contributed by atoms with Crippen molar-refractivity contribution in [3.63, 3.8) is 0 Å². The average Bonchev–Trinajstić information content (AvgIpc) is 3.67. The Labute approximate surface area is 288 Å². The number of furan rings is 1. The first kappa shape index (κ1) is 27.7. The fourth-order valence-electron chi connectivity index (χ4n) is 5.47. The third kappa shape index (κ3) is 6.12. The van der Waals surface area contributed by atoms with E-state index in [-0.39, 0.29) is 20.1 Å². The molecule has 46 heavy (non-hydrogen) atoms. The van der Waals surface area contributed by atoms with E-state index in [0.717, 1.165) is 61.3 Å². The van der Waals surface area contributed by atoms with Gasteiger partial charge in [0.1, 0.15) is 5.58 Å². The molecule has 0 spiro atoms. The van der Waals surface area contributed by atoms with Crippen molar-refractivity contribution in [1.82, 2.24) is 14.5 Å². The van der Waals surface area contributed by atoms with Crippen molar-refractivity contribution >= 4 is 46.2 Å². The normalized spacial score (nSPS) is 12.5. The molecule has 0 N–H and O–H groups in total. The smallest absolute Gasteiger partial charge is 0.120 e. The Morgan fingerprint density at radius 2 is 1.57 bits per heavy atom. The van der Waals surface area contributed by atoms with E-state index in [4.69, 9.17) is 13.5 Å². The molecule has 0 amide bonds. The van der Waals surface area contributed by atoms with E-state index in [1.807, 2.05) is 72.9 Å². The molecule has 6 heteroatoms. The number of hydrogen-bond acceptors (Lipinski definition) is 3. The minimum absolute atomic E-state index is 0. The Bertz CT molecular complexity index is 2310. The van der Waals surface area contributed by atoms with Crippen LogP contribution in [0.3, 0.4) is 0 Å². The molecule has 0 fully saturated rings. The maximum Gasteiger partial charge on any atom is 0.120 e. The SMILES string of the molecule is [2H]C([2H])([2H])c1c[c-]c(-c2ccc([Si](C)(C)C)cn2)cc1.[Ir].[c-]1ccc2c(oc3ccccc32)c1-c1nc2ccccc2n1-c1ccccc1. The van der Waals surface area contributed by atoms with Gasteiger partial charge in [-0.2, -0.15) is 0 Å². The number of para-hydroxylation sites is 4. The Morgan fingerprint density at radius 3 is 2.30 bits per heavy atom. The van der Waals surface area contributed by atoms with Crippen LogP contribution >= 0.6 is 0 Å². The van der Waals surface area contributed by atoms with Crippen LogP contribution in [0, 0.1) is 19.0 Å². The second-order valence-corrected chi connectivity index (χ2v) is 17.0. The van der Waals surface area contributed by atoms with Crippen LogP contribution in [-0.4, -0.2) is 22.6 Å². The summed E-state index contributed by atoms with van der Waals surface area (Å²) in [6.45, 7) is 4.76. The molecule has 5 aromatic carbocycles. The van der Waals surface area contributed by atoms with E-state index in [0.29, 0.717) is 5.56 Å². The summed E-state index contributed by atoms with van der Waals surface area (Å²) in [4.78, 5) is 9.42. The molecule has 1 radical (unpaired) electrons. The van der Waals surface area contributed by atoms with E-state index in [2.05, 4.69) is 77.7 Å². The minimum Gasteiger partial charge on any atom is -0.501 e. The predicted molar refractivity (Wildman–Crippen MR) is 189 cm³/mol. The Morgan fingerprint density at radius 1 is 0.783 bits per heavy atom. The van der Waals surface area contributed by atoms with Gasteiger partial charge >= 0.3 is 0 Å². The third-order valence-electron chi connectivity index (χ3n) is 7.86. The van der Waals surface area contributed by atoms with Crippen LogP contribution in [0.5, 0.6) is 0 Å². The quantitative estimate of drug-likeness (QED) is 0.132. The van der Waals surface area contributed by atoms with Gasteiger partial charge in [-0.05, 0) is 41.2 Å². The predicted octanol–water partition coefficient (Wildman–Crippen LogP) is 9.79. The van der Waals surface area contributed by atoms with Crippen molar-refractivity contribution < 1.29 is 28.6 Å². The largest absolute Gasteiger partial charge is 0.501 e. The summed E-state index contributed by atoms with van der Waals surface area (Å²) in [5, 5.41) is 3.49. The van der Waals surface area contributed by atoms with Crippen LogP contribution in [-0.2, 0) is 20.1 Å². The fourth-order valence-corrected chi connectivity index (χ4v) is 6.50. The first-order valence-electron chi connectivity index (χ1n) is 16.4. The van der Waals surface area contributed by atoms with Gasteiger partial charge in [-0.1, -0.05) is 98.1 Å². The molecule has 0 saturated heterocycles. The van der Waals surface area contributed by atoms with Crippen molar-refractivity contribution in [1.29, 1.82) is 0 Å². The molecule has 8 rings (SSSR count). The van der Waals surface area contributed by atoms with E-state index >= 15 is 0 Å². The second-order valence-electron chi connectivity index (χ2n) is 12.0. The first-order valence-corrected chi connectivity index (χ1v) is 18.4. The van der Waals surface area contributed by atoms with Crippen molar-refractivity contribution in [2.45, 2.75) is 26.5 Å². The molecular weight excluding hydrogens is 759 g/mol. The zero-order valence-corrected chi connectivity index (χ0v) is 29.1. The van der Waals surface area contributed by atoms with Gasteiger partial charge in [0, 0.05) is 41.5 Å². The van der Waals surface area contributed by atoms with Gasteiger partial charge in [-0.3, -0.25) is 4.98 Å². The van der Waals surface area contributed by atoms with Crippen LogP contribution in [0.2, 0.25) is 19.6 Å². The molecule has 0 unspecified atom stereocenters. The number of imidazole rings is 1. The molecule has 8 aromatic rings. The second kappa shape index (κ2) is 13.0. The molecule has 0 aliphatic carbocycles. The fraction of sp³-hybridized carbons (Fsp3) is 0.100. The van der Waals surface area contributed by atoms with Gasteiger partial charge in [-0.25, -0.2) is 0 Å². The van der Waals surface area contributed by atoms with Gasteiger partial charge in [0.05, 0.1) is 30.5 Å².